The van der Waals surface area contributed by atoms with Crippen LogP contribution in [0.5, 0.6) is 11.5 Å². The van der Waals surface area contributed by atoms with Crippen molar-refractivity contribution in [2.24, 2.45) is 0 Å². The summed E-state index contributed by atoms with van der Waals surface area (Å²) in [4.78, 5) is 14.7. The van der Waals surface area contributed by atoms with Crippen LogP contribution >= 0.6 is 0 Å². The van der Waals surface area contributed by atoms with Crippen molar-refractivity contribution in [1.82, 2.24) is 5.32 Å². The van der Waals surface area contributed by atoms with Gasteiger partial charge in [0.05, 0.1) is 19.8 Å². The number of benzene rings is 2. The van der Waals surface area contributed by atoms with Gasteiger partial charge in [-0.3, -0.25) is 4.79 Å². The van der Waals surface area contributed by atoms with Gasteiger partial charge in [0, 0.05) is 31.4 Å². The summed E-state index contributed by atoms with van der Waals surface area (Å²) >= 11 is 0. The van der Waals surface area contributed by atoms with Gasteiger partial charge in [0.15, 0.2) is 0 Å². The zero-order valence-corrected chi connectivity index (χ0v) is 15.1. The van der Waals surface area contributed by atoms with Crippen molar-refractivity contribution in [3.63, 3.8) is 0 Å². The molecule has 0 saturated carbocycles. The fraction of sp³-hybridized carbons (Fsp3) is 0.350. The summed E-state index contributed by atoms with van der Waals surface area (Å²) in [5.74, 6) is 1.04. The van der Waals surface area contributed by atoms with Crippen LogP contribution in [0.1, 0.15) is 23.7 Å². The number of rotatable bonds is 9. The number of amides is 1. The van der Waals surface area contributed by atoms with Crippen LogP contribution in [0.2, 0.25) is 0 Å². The van der Waals surface area contributed by atoms with Gasteiger partial charge in [-0.25, -0.2) is 0 Å². The largest absolute Gasteiger partial charge is 0.497 e. The van der Waals surface area contributed by atoms with E-state index in [1.54, 1.807) is 32.4 Å². The van der Waals surface area contributed by atoms with E-state index in [9.17, 15) is 4.79 Å². The summed E-state index contributed by atoms with van der Waals surface area (Å²) in [6.07, 6.45) is 0.868. The highest BCUT2D eigenvalue weighted by Crippen LogP contribution is 2.24. The first-order chi connectivity index (χ1) is 12.2. The molecule has 5 nitrogen and oxygen atoms in total. The Morgan fingerprint density at radius 3 is 2.48 bits per heavy atom. The van der Waals surface area contributed by atoms with Crippen LogP contribution in [0.3, 0.4) is 0 Å². The van der Waals surface area contributed by atoms with E-state index in [0.29, 0.717) is 23.6 Å². The first kappa shape index (κ1) is 18.6. The molecule has 1 amide bonds. The minimum absolute atomic E-state index is 0.137. The predicted octanol–water partition coefficient (Wildman–Crippen LogP) is 3.35. The number of nitrogens with one attached hydrogen (secondary N) is 1. The lowest BCUT2D eigenvalue weighted by Gasteiger charge is -2.23. The van der Waals surface area contributed by atoms with E-state index in [4.69, 9.17) is 9.47 Å². The molecule has 0 aromatic heterocycles. The Kier molecular flexibility index (Phi) is 7.14. The molecule has 2 aromatic rings. The molecule has 2 rings (SSSR count). The molecular formula is C20H26N2O3. The van der Waals surface area contributed by atoms with Gasteiger partial charge in [-0.15, -0.1) is 0 Å². The highest BCUT2D eigenvalue weighted by molar-refractivity contribution is 5.97. The van der Waals surface area contributed by atoms with Crippen LogP contribution in [0.25, 0.3) is 0 Å². The minimum atomic E-state index is -0.137. The summed E-state index contributed by atoms with van der Waals surface area (Å²) < 4.78 is 10.4. The normalized spacial score (nSPS) is 10.2. The second-order valence-electron chi connectivity index (χ2n) is 5.59. The lowest BCUT2D eigenvalue weighted by Crippen LogP contribution is -2.30. The quantitative estimate of drug-likeness (QED) is 0.710. The van der Waals surface area contributed by atoms with E-state index in [0.717, 1.165) is 19.5 Å². The Bertz CT molecular complexity index is 674. The molecule has 0 bridgehead atoms. The van der Waals surface area contributed by atoms with Gasteiger partial charge in [-0.1, -0.05) is 18.2 Å². The number of carbonyl (C=O) groups excluding carboxylic acids is 1. The monoisotopic (exact) mass is 342 g/mol. The van der Waals surface area contributed by atoms with Crippen LogP contribution in [-0.2, 0) is 0 Å². The van der Waals surface area contributed by atoms with E-state index in [1.165, 1.54) is 5.69 Å². The van der Waals surface area contributed by atoms with Crippen molar-refractivity contribution in [2.75, 3.05) is 38.8 Å². The molecule has 0 radical (unpaired) electrons. The molecule has 0 saturated heterocycles. The molecule has 0 heterocycles. The number of anilines is 1. The third kappa shape index (κ3) is 5.14. The van der Waals surface area contributed by atoms with E-state index in [2.05, 4.69) is 29.3 Å². The number of ether oxygens (including phenoxy) is 2. The van der Waals surface area contributed by atoms with Crippen molar-refractivity contribution in [1.29, 1.82) is 0 Å². The smallest absolute Gasteiger partial charge is 0.255 e. The lowest BCUT2D eigenvalue weighted by molar-refractivity contribution is 0.0950. The Balaban J connectivity index is 1.86. The van der Waals surface area contributed by atoms with Crippen LogP contribution in [0.15, 0.2) is 48.5 Å². The second-order valence-corrected chi connectivity index (χ2v) is 5.59. The summed E-state index contributed by atoms with van der Waals surface area (Å²) in [7, 11) is 3.13. The maximum atomic E-state index is 12.4. The van der Waals surface area contributed by atoms with Crippen molar-refractivity contribution in [3.8, 4) is 11.5 Å². The van der Waals surface area contributed by atoms with E-state index in [-0.39, 0.29) is 5.91 Å². The SMILES string of the molecule is CCN(CCCNC(=O)c1ccc(OC)cc1OC)c1ccccc1. The summed E-state index contributed by atoms with van der Waals surface area (Å²) in [5.41, 5.74) is 1.71. The second kappa shape index (κ2) is 9.57. The molecule has 1 N–H and O–H groups in total. The summed E-state index contributed by atoms with van der Waals surface area (Å²) in [6, 6.07) is 15.5. The molecule has 0 aliphatic carbocycles. The van der Waals surface area contributed by atoms with Gasteiger partial charge in [-0.05, 0) is 37.6 Å². The third-order valence-corrected chi connectivity index (χ3v) is 4.05. The molecule has 0 unspecified atom stereocenters. The highest BCUT2D eigenvalue weighted by Gasteiger charge is 2.13. The van der Waals surface area contributed by atoms with Crippen molar-refractivity contribution < 1.29 is 14.3 Å². The van der Waals surface area contributed by atoms with Crippen molar-refractivity contribution in [3.05, 3.63) is 54.1 Å². The number of methoxy groups -OCH3 is 2. The van der Waals surface area contributed by atoms with Gasteiger partial charge < -0.3 is 19.7 Å². The standard InChI is InChI=1S/C20H26N2O3/c1-4-22(16-9-6-5-7-10-16)14-8-13-21-20(23)18-12-11-17(24-2)15-19(18)25-3/h5-7,9-12,15H,4,8,13-14H2,1-3H3,(H,21,23). The predicted molar refractivity (Wildman–Crippen MR) is 101 cm³/mol. The van der Waals surface area contributed by atoms with E-state index < -0.39 is 0 Å². The van der Waals surface area contributed by atoms with Gasteiger partial charge in [0.1, 0.15) is 11.5 Å². The number of hydrogen-bond acceptors (Lipinski definition) is 4. The Labute approximate surface area is 149 Å². The fourth-order valence-electron chi connectivity index (χ4n) is 2.66. The van der Waals surface area contributed by atoms with Crippen LogP contribution < -0.4 is 19.7 Å². The molecule has 2 aromatic carbocycles. The molecule has 0 aliphatic rings. The Morgan fingerprint density at radius 1 is 1.08 bits per heavy atom. The summed E-state index contributed by atoms with van der Waals surface area (Å²) in [5, 5.41) is 2.96. The summed E-state index contributed by atoms with van der Waals surface area (Å²) in [6.45, 7) is 4.57. The maximum absolute atomic E-state index is 12.4. The molecule has 134 valence electrons. The highest BCUT2D eigenvalue weighted by atomic mass is 16.5. The Morgan fingerprint density at radius 2 is 1.84 bits per heavy atom. The number of nitrogens with zero attached hydrogens (tertiary/aromatic N) is 1. The van der Waals surface area contributed by atoms with Gasteiger partial charge in [0.25, 0.3) is 5.91 Å². The molecule has 0 aliphatic heterocycles. The van der Waals surface area contributed by atoms with Crippen molar-refractivity contribution in [2.45, 2.75) is 13.3 Å². The number of para-hydroxylation sites is 1. The number of carbonyl (C=O) groups is 1. The average molecular weight is 342 g/mol. The van der Waals surface area contributed by atoms with Crippen LogP contribution in [0.4, 0.5) is 5.69 Å². The zero-order valence-electron chi connectivity index (χ0n) is 15.1. The molecular weight excluding hydrogens is 316 g/mol. The van der Waals surface area contributed by atoms with Crippen molar-refractivity contribution >= 4 is 11.6 Å². The maximum Gasteiger partial charge on any atom is 0.255 e. The minimum Gasteiger partial charge on any atom is -0.497 e. The molecule has 25 heavy (non-hydrogen) atoms. The number of hydrogen-bond donors (Lipinski definition) is 1. The van der Waals surface area contributed by atoms with Gasteiger partial charge >= 0.3 is 0 Å². The first-order valence-corrected chi connectivity index (χ1v) is 8.49. The average Bonchev–Trinajstić information content (AvgIpc) is 2.68. The molecule has 0 fully saturated rings. The van der Waals surface area contributed by atoms with Crippen LogP contribution in [-0.4, -0.2) is 39.8 Å². The van der Waals surface area contributed by atoms with Gasteiger partial charge in [-0.2, -0.15) is 0 Å². The fourth-order valence-corrected chi connectivity index (χ4v) is 2.66. The first-order valence-electron chi connectivity index (χ1n) is 8.49. The lowest BCUT2D eigenvalue weighted by atomic mass is 10.1. The molecule has 0 atom stereocenters. The van der Waals surface area contributed by atoms with Crippen LogP contribution in [0, 0.1) is 0 Å². The molecule has 5 heteroatoms. The van der Waals surface area contributed by atoms with E-state index in [1.807, 2.05) is 18.2 Å². The Hall–Kier alpha value is -2.69. The van der Waals surface area contributed by atoms with E-state index >= 15 is 0 Å². The molecule has 0 spiro atoms. The topological polar surface area (TPSA) is 50.8 Å². The van der Waals surface area contributed by atoms with Gasteiger partial charge in [0.2, 0.25) is 0 Å². The third-order valence-electron chi connectivity index (χ3n) is 4.05. The zero-order chi connectivity index (χ0) is 18.1.